The Morgan fingerprint density at radius 3 is 2.47 bits per heavy atom. The van der Waals surface area contributed by atoms with Crippen molar-refractivity contribution in [3.05, 3.63) is 12.7 Å². The topological polar surface area (TPSA) is 37.4 Å². The molecule has 0 aromatic heterocycles. The SMILES string of the molecule is C=CC[C@H](C(=O)N(C)C)[S@@](=O)C1CCCCC1. The molecule has 1 aliphatic rings. The Kier molecular flexibility index (Phi) is 5.89. The highest BCUT2D eigenvalue weighted by molar-refractivity contribution is 7.87. The molecule has 0 bridgehead atoms. The minimum absolute atomic E-state index is 0.0335. The smallest absolute Gasteiger partial charge is 0.238 e. The first-order valence-corrected chi connectivity index (χ1v) is 7.57. The van der Waals surface area contributed by atoms with Gasteiger partial charge in [0.15, 0.2) is 0 Å². The van der Waals surface area contributed by atoms with Crippen molar-refractivity contribution in [2.45, 2.75) is 49.0 Å². The second-order valence-corrected chi connectivity index (χ2v) is 6.73. The molecule has 1 saturated carbocycles. The van der Waals surface area contributed by atoms with Crippen molar-refractivity contribution in [2.24, 2.45) is 0 Å². The lowest BCUT2D eigenvalue weighted by molar-refractivity contribution is -0.128. The van der Waals surface area contributed by atoms with Crippen molar-refractivity contribution >= 4 is 16.7 Å². The van der Waals surface area contributed by atoms with E-state index in [1.165, 1.54) is 11.3 Å². The molecule has 4 heteroatoms. The van der Waals surface area contributed by atoms with Crippen molar-refractivity contribution in [2.75, 3.05) is 14.1 Å². The first-order valence-electron chi connectivity index (χ1n) is 6.29. The van der Waals surface area contributed by atoms with Crippen LogP contribution in [0.4, 0.5) is 0 Å². The highest BCUT2D eigenvalue weighted by Crippen LogP contribution is 2.25. The van der Waals surface area contributed by atoms with E-state index in [9.17, 15) is 9.00 Å². The van der Waals surface area contributed by atoms with Gasteiger partial charge in [-0.15, -0.1) is 6.58 Å². The molecular formula is C13H23NO2S. The summed E-state index contributed by atoms with van der Waals surface area (Å²) in [6, 6.07) is 0. The zero-order valence-electron chi connectivity index (χ0n) is 10.9. The predicted octanol–water partition coefficient (Wildman–Crippen LogP) is 2.10. The zero-order valence-corrected chi connectivity index (χ0v) is 11.7. The van der Waals surface area contributed by atoms with E-state index >= 15 is 0 Å². The fraction of sp³-hybridized carbons (Fsp3) is 0.769. The summed E-state index contributed by atoms with van der Waals surface area (Å²) < 4.78 is 12.4. The summed E-state index contributed by atoms with van der Waals surface area (Å²) in [6.07, 6.45) is 7.75. The van der Waals surface area contributed by atoms with Crippen LogP contribution >= 0.6 is 0 Å². The van der Waals surface area contributed by atoms with E-state index in [0.29, 0.717) is 6.42 Å². The third-order valence-electron chi connectivity index (χ3n) is 3.26. The summed E-state index contributed by atoms with van der Waals surface area (Å²) in [6.45, 7) is 3.66. The molecule has 0 aromatic rings. The van der Waals surface area contributed by atoms with Crippen LogP contribution in [0.1, 0.15) is 38.5 Å². The van der Waals surface area contributed by atoms with Crippen molar-refractivity contribution in [1.82, 2.24) is 4.90 Å². The lowest BCUT2D eigenvalue weighted by Crippen LogP contribution is -2.40. The quantitative estimate of drug-likeness (QED) is 0.707. The zero-order chi connectivity index (χ0) is 12.8. The average molecular weight is 257 g/mol. The Labute approximate surface area is 107 Å². The Bertz CT molecular complexity index is 296. The monoisotopic (exact) mass is 257 g/mol. The maximum atomic E-state index is 12.4. The molecule has 1 fully saturated rings. The molecule has 0 radical (unpaired) electrons. The van der Waals surface area contributed by atoms with Crippen LogP contribution < -0.4 is 0 Å². The molecular weight excluding hydrogens is 234 g/mol. The number of carbonyl (C=O) groups excluding carboxylic acids is 1. The van der Waals surface area contributed by atoms with E-state index in [4.69, 9.17) is 0 Å². The van der Waals surface area contributed by atoms with E-state index < -0.39 is 16.0 Å². The number of hydrogen-bond donors (Lipinski definition) is 0. The molecule has 0 saturated heterocycles. The Morgan fingerprint density at radius 1 is 1.41 bits per heavy atom. The molecule has 0 aromatic carbocycles. The third-order valence-corrected chi connectivity index (χ3v) is 5.34. The highest BCUT2D eigenvalue weighted by atomic mass is 32.2. The van der Waals surface area contributed by atoms with Crippen LogP contribution in [0.2, 0.25) is 0 Å². The van der Waals surface area contributed by atoms with Gasteiger partial charge in [-0.3, -0.25) is 9.00 Å². The average Bonchev–Trinajstić information content (AvgIpc) is 2.35. The molecule has 0 spiro atoms. The second-order valence-electron chi connectivity index (χ2n) is 4.83. The standard InChI is InChI=1S/C13H23NO2S/c1-4-8-12(13(15)14(2)3)17(16)11-9-6-5-7-10-11/h4,11-12H,1,5-10H2,2-3H3/t12-,17+/m1/s1. The molecule has 0 N–H and O–H groups in total. The van der Waals surface area contributed by atoms with Gasteiger partial charge in [-0.2, -0.15) is 0 Å². The molecule has 2 atom stereocenters. The summed E-state index contributed by atoms with van der Waals surface area (Å²) in [7, 11) is 2.38. The molecule has 0 aliphatic heterocycles. The maximum Gasteiger partial charge on any atom is 0.238 e. The Morgan fingerprint density at radius 2 is 2.00 bits per heavy atom. The summed E-state index contributed by atoms with van der Waals surface area (Å²) in [5.41, 5.74) is 0. The molecule has 3 nitrogen and oxygen atoms in total. The molecule has 0 unspecified atom stereocenters. The second kappa shape index (κ2) is 6.94. The fourth-order valence-electron chi connectivity index (χ4n) is 2.26. The molecule has 98 valence electrons. The minimum Gasteiger partial charge on any atom is -0.348 e. The number of amides is 1. The van der Waals surface area contributed by atoms with E-state index in [1.54, 1.807) is 20.2 Å². The van der Waals surface area contributed by atoms with E-state index in [-0.39, 0.29) is 11.2 Å². The molecule has 0 heterocycles. The van der Waals surface area contributed by atoms with Crippen LogP contribution in [0.5, 0.6) is 0 Å². The first-order chi connectivity index (χ1) is 8.07. The van der Waals surface area contributed by atoms with E-state index in [2.05, 4.69) is 6.58 Å². The largest absolute Gasteiger partial charge is 0.348 e. The van der Waals surface area contributed by atoms with Crippen molar-refractivity contribution in [3.8, 4) is 0 Å². The van der Waals surface area contributed by atoms with E-state index in [0.717, 1.165) is 25.7 Å². The van der Waals surface area contributed by atoms with Gasteiger partial charge < -0.3 is 4.90 Å². The lowest BCUT2D eigenvalue weighted by atomic mass is 10.0. The number of nitrogens with zero attached hydrogens (tertiary/aromatic N) is 1. The van der Waals surface area contributed by atoms with Gasteiger partial charge in [0, 0.05) is 30.1 Å². The first kappa shape index (κ1) is 14.4. The van der Waals surface area contributed by atoms with Crippen LogP contribution in [0, 0.1) is 0 Å². The van der Waals surface area contributed by atoms with Crippen molar-refractivity contribution in [3.63, 3.8) is 0 Å². The van der Waals surface area contributed by atoms with Gasteiger partial charge in [-0.25, -0.2) is 0 Å². The molecule has 1 rings (SSSR count). The van der Waals surface area contributed by atoms with Gasteiger partial charge >= 0.3 is 0 Å². The third kappa shape index (κ3) is 3.95. The number of hydrogen-bond acceptors (Lipinski definition) is 2. The van der Waals surface area contributed by atoms with Crippen LogP contribution in [-0.2, 0) is 15.6 Å². The number of carbonyl (C=O) groups is 1. The van der Waals surface area contributed by atoms with Crippen LogP contribution in [0.15, 0.2) is 12.7 Å². The fourth-order valence-corrected chi connectivity index (χ4v) is 4.26. The van der Waals surface area contributed by atoms with Crippen LogP contribution in [-0.4, -0.2) is 39.6 Å². The van der Waals surface area contributed by atoms with Gasteiger partial charge in [0.05, 0.1) is 0 Å². The lowest BCUT2D eigenvalue weighted by Gasteiger charge is -2.26. The van der Waals surface area contributed by atoms with Crippen molar-refractivity contribution in [1.29, 1.82) is 0 Å². The molecule has 1 amide bonds. The molecule has 1 aliphatic carbocycles. The minimum atomic E-state index is -1.06. The maximum absolute atomic E-state index is 12.4. The number of rotatable bonds is 5. The normalized spacial score (nSPS) is 20.6. The summed E-state index contributed by atoms with van der Waals surface area (Å²) in [5.74, 6) is -0.0335. The summed E-state index contributed by atoms with van der Waals surface area (Å²) >= 11 is 0. The Balaban J connectivity index is 2.71. The van der Waals surface area contributed by atoms with Gasteiger partial charge in [-0.05, 0) is 19.3 Å². The van der Waals surface area contributed by atoms with Crippen molar-refractivity contribution < 1.29 is 9.00 Å². The van der Waals surface area contributed by atoms with Crippen LogP contribution in [0.3, 0.4) is 0 Å². The summed E-state index contributed by atoms with van der Waals surface area (Å²) in [5, 5.41) is -0.191. The number of allylic oxidation sites excluding steroid dienone is 1. The Hall–Kier alpha value is -0.640. The van der Waals surface area contributed by atoms with Gasteiger partial charge in [0.25, 0.3) is 0 Å². The predicted molar refractivity (Wildman–Crippen MR) is 72.3 cm³/mol. The van der Waals surface area contributed by atoms with E-state index in [1.807, 2.05) is 0 Å². The van der Waals surface area contributed by atoms with Crippen LogP contribution in [0.25, 0.3) is 0 Å². The summed E-state index contributed by atoms with van der Waals surface area (Å²) in [4.78, 5) is 13.5. The molecule has 17 heavy (non-hydrogen) atoms. The van der Waals surface area contributed by atoms with Gasteiger partial charge in [0.2, 0.25) is 5.91 Å². The van der Waals surface area contributed by atoms with Gasteiger partial charge in [-0.1, -0.05) is 25.3 Å². The highest BCUT2D eigenvalue weighted by Gasteiger charge is 2.31. The van der Waals surface area contributed by atoms with Gasteiger partial charge in [0.1, 0.15) is 5.25 Å².